The predicted octanol–water partition coefficient (Wildman–Crippen LogP) is 14.5. The minimum atomic E-state index is -5.09. The van der Waals surface area contributed by atoms with E-state index in [2.05, 4.69) is 155 Å². The van der Waals surface area contributed by atoms with Crippen LogP contribution in [0.1, 0.15) is 104 Å². The number of fused-ring (bicyclic) bond motifs is 2. The molecule has 0 aromatic heterocycles. The van der Waals surface area contributed by atoms with Gasteiger partial charge in [-0.15, -0.1) is 0 Å². The van der Waals surface area contributed by atoms with Crippen molar-refractivity contribution in [3.05, 3.63) is 127 Å². The Labute approximate surface area is 312 Å². The van der Waals surface area contributed by atoms with Crippen molar-refractivity contribution >= 4 is 35.3 Å². The van der Waals surface area contributed by atoms with Gasteiger partial charge in [0.05, 0.1) is 0 Å². The van der Waals surface area contributed by atoms with E-state index in [0.29, 0.717) is 11.8 Å². The first-order chi connectivity index (χ1) is 23.5. The summed E-state index contributed by atoms with van der Waals surface area (Å²) in [6.45, 7) is 27.9. The van der Waals surface area contributed by atoms with Crippen molar-refractivity contribution in [2.45, 2.75) is 103 Å². The van der Waals surface area contributed by atoms with Gasteiger partial charge in [-0.3, -0.25) is 0 Å². The van der Waals surface area contributed by atoms with E-state index in [1.807, 2.05) is 0 Å². The number of rotatable bonds is 9. The molecule has 0 spiro atoms. The van der Waals surface area contributed by atoms with E-state index in [1.54, 1.807) is 0 Å². The van der Waals surface area contributed by atoms with E-state index in [9.17, 15) is 0 Å². The summed E-state index contributed by atoms with van der Waals surface area (Å²) >= 11 is -5.09. The maximum absolute atomic E-state index is 8.87. The molecule has 0 heterocycles. The first kappa shape index (κ1) is 37.8. The Morgan fingerprint density at radius 1 is 0.540 bits per heavy atom. The fourth-order valence-corrected chi connectivity index (χ4v) is 53.7. The summed E-state index contributed by atoms with van der Waals surface area (Å²) in [6.07, 6.45) is 7.11. The van der Waals surface area contributed by atoms with Crippen LogP contribution < -0.4 is 0 Å². The van der Waals surface area contributed by atoms with E-state index in [0.717, 1.165) is 12.8 Å². The van der Waals surface area contributed by atoms with Gasteiger partial charge in [0.15, 0.2) is 0 Å². The van der Waals surface area contributed by atoms with Gasteiger partial charge in [0.2, 0.25) is 0 Å². The molecular weight excluding hydrogens is 830 g/mol. The second-order valence-corrected chi connectivity index (χ2v) is 76.1. The molecule has 0 bridgehead atoms. The zero-order valence-electron chi connectivity index (χ0n) is 32.5. The van der Waals surface area contributed by atoms with Gasteiger partial charge < -0.3 is 0 Å². The first-order valence-electron chi connectivity index (χ1n) is 18.9. The van der Waals surface area contributed by atoms with Crippen LogP contribution in [-0.4, -0.2) is 5.98 Å². The number of aryl methyl sites for hydroxylation is 2. The van der Waals surface area contributed by atoms with Gasteiger partial charge in [-0.1, -0.05) is 0 Å². The summed E-state index contributed by atoms with van der Waals surface area (Å²) in [6, 6.07) is 23.2. The van der Waals surface area contributed by atoms with Crippen LogP contribution in [0.15, 0.2) is 71.8 Å². The fraction of sp³-hybridized carbons (Fsp3) is 0.391. The van der Waals surface area contributed by atoms with Crippen LogP contribution in [0.5, 0.6) is 0 Å². The van der Waals surface area contributed by atoms with Gasteiger partial charge in [0.25, 0.3) is 0 Å². The van der Waals surface area contributed by atoms with Crippen molar-refractivity contribution in [3.63, 3.8) is 0 Å². The molecule has 0 fully saturated rings. The molecule has 2 unspecified atom stereocenters. The van der Waals surface area contributed by atoms with E-state index in [-0.39, 0.29) is 7.35 Å². The van der Waals surface area contributed by atoms with E-state index < -0.39 is 21.3 Å². The van der Waals surface area contributed by atoms with Crippen molar-refractivity contribution in [2.75, 3.05) is 0 Å². The third-order valence-corrected chi connectivity index (χ3v) is 85.3. The van der Waals surface area contributed by atoms with Crippen molar-refractivity contribution in [1.29, 1.82) is 0 Å². The molecule has 4 aromatic carbocycles. The molecule has 0 N–H and O–H groups in total. The second-order valence-electron chi connectivity index (χ2n) is 16.9. The van der Waals surface area contributed by atoms with Gasteiger partial charge in [0.1, 0.15) is 0 Å². The van der Waals surface area contributed by atoms with Crippen molar-refractivity contribution in [1.82, 2.24) is 0 Å². The Hall–Kier alpha value is -1.97. The summed E-state index contributed by atoms with van der Waals surface area (Å²) in [5, 5.41) is 0. The first-order valence-corrected chi connectivity index (χ1v) is 41.0. The molecule has 0 amide bonds. The molecule has 6 rings (SSSR count). The van der Waals surface area contributed by atoms with Crippen LogP contribution in [0.4, 0.5) is 0 Å². The van der Waals surface area contributed by atoms with Crippen LogP contribution in [0.2, 0.25) is 13.1 Å². The summed E-state index contributed by atoms with van der Waals surface area (Å²) < 4.78 is 0.203. The van der Waals surface area contributed by atoms with Crippen LogP contribution in [-0.2, 0) is 15.3 Å². The number of allylic oxidation sites excluding steroid dienone is 2. The SMILES string of the molecule is Cc1ccc(-c2cccc3c2C=C(CC(C)C)[CH]3[Hf]([Cl])([Cl])([CH]2C(CC(C)C)=Cc3c(-c4ccc(C)c(C)c4C)cccc32)[SiH](C)C)c(C)c1C. The quantitative estimate of drug-likeness (QED) is 0.147. The fourth-order valence-electron chi connectivity index (χ4n) is 9.33. The molecule has 2 atom stereocenters. The Balaban J connectivity index is 1.64. The molecule has 0 radical (unpaired) electrons. The molecule has 4 heteroatoms. The minimum absolute atomic E-state index is 0.102. The average Bonchev–Trinajstić information content (AvgIpc) is 3.61. The van der Waals surface area contributed by atoms with Crippen molar-refractivity contribution in [2.24, 2.45) is 11.8 Å². The summed E-state index contributed by atoms with van der Waals surface area (Å²) in [4.78, 5) is 0. The second kappa shape index (κ2) is 13.8. The zero-order valence-corrected chi connectivity index (χ0v) is 38.7. The average molecular weight is 887 g/mol. The Kier molecular flexibility index (Phi) is 10.4. The topological polar surface area (TPSA) is 0 Å². The van der Waals surface area contributed by atoms with Crippen LogP contribution in [0.25, 0.3) is 34.4 Å². The Morgan fingerprint density at radius 3 is 1.26 bits per heavy atom. The zero-order chi connectivity index (χ0) is 36.5. The third-order valence-electron chi connectivity index (χ3n) is 12.5. The number of hydrogen-bond donors (Lipinski definition) is 0. The van der Waals surface area contributed by atoms with Crippen LogP contribution in [0, 0.1) is 53.4 Å². The van der Waals surface area contributed by atoms with E-state index in [4.69, 9.17) is 17.2 Å². The van der Waals surface area contributed by atoms with Crippen LogP contribution >= 0.6 is 17.2 Å². The molecule has 0 nitrogen and oxygen atoms in total. The molecule has 0 aliphatic heterocycles. The molecule has 4 aromatic rings. The molecule has 2 aliphatic rings. The predicted molar refractivity (Wildman–Crippen MR) is 223 cm³/mol. The third kappa shape index (κ3) is 6.07. The van der Waals surface area contributed by atoms with Crippen molar-refractivity contribution in [3.8, 4) is 22.3 Å². The number of halogens is 2. The maximum atomic E-state index is 8.87. The molecule has 2 aliphatic carbocycles. The standard InChI is InChI=1S/2C22H25.C2H7Si.2ClH.Hf/c2*1-14(2)11-18-12-19-7-6-8-21(22(19)13-18)20-10-9-15(3)16(4)17(20)5;1-3-2;;;/h2*6-10,12-14H,11H2,1-5H3;3H,1-2H3;2*1H;/q;;;;;+2/p-2. The van der Waals surface area contributed by atoms with Gasteiger partial charge in [-0.2, -0.15) is 0 Å². The van der Waals surface area contributed by atoms with E-state index >= 15 is 0 Å². The van der Waals surface area contributed by atoms with Crippen LogP contribution in [0.3, 0.4) is 0 Å². The normalized spacial score (nSPS) is 18.0. The summed E-state index contributed by atoms with van der Waals surface area (Å²) in [5.74, 6) is -0.651. The molecular formula is C46H57Cl2HfSi. The Morgan fingerprint density at radius 2 is 0.920 bits per heavy atom. The molecule has 0 saturated carbocycles. The summed E-state index contributed by atoms with van der Waals surface area (Å²) in [7, 11) is 17.7. The van der Waals surface area contributed by atoms with Gasteiger partial charge in [-0.05, 0) is 0 Å². The monoisotopic (exact) mass is 887 g/mol. The van der Waals surface area contributed by atoms with Crippen molar-refractivity contribution < 1.29 is 15.3 Å². The summed E-state index contributed by atoms with van der Waals surface area (Å²) in [5.41, 5.74) is 21.9. The molecule has 50 heavy (non-hydrogen) atoms. The molecule has 0 saturated heterocycles. The number of benzene rings is 4. The number of hydrogen-bond acceptors (Lipinski definition) is 0. The van der Waals surface area contributed by atoms with Gasteiger partial charge in [0, 0.05) is 0 Å². The Bertz CT molecular complexity index is 1920. The van der Waals surface area contributed by atoms with Gasteiger partial charge >= 0.3 is 315 Å². The van der Waals surface area contributed by atoms with E-state index in [1.165, 1.54) is 89.0 Å². The van der Waals surface area contributed by atoms with Gasteiger partial charge in [-0.25, -0.2) is 0 Å². The molecule has 263 valence electrons.